The van der Waals surface area contributed by atoms with E-state index in [-0.39, 0.29) is 17.1 Å². The maximum Gasteiger partial charge on any atom is 0.321 e. The van der Waals surface area contributed by atoms with Crippen LogP contribution in [0.4, 0.5) is 10.5 Å². The van der Waals surface area contributed by atoms with Gasteiger partial charge in [0.05, 0.1) is 12.6 Å². The Morgan fingerprint density at radius 1 is 1.27 bits per heavy atom. The molecule has 1 fully saturated rings. The van der Waals surface area contributed by atoms with Gasteiger partial charge in [0.2, 0.25) is 5.43 Å². The summed E-state index contributed by atoms with van der Waals surface area (Å²) >= 11 is 0. The first kappa shape index (κ1) is 14.4. The molecule has 1 aromatic heterocycles. The summed E-state index contributed by atoms with van der Waals surface area (Å²) in [5.74, 6) is 0.674. The standard InChI is InChI=1S/C16H19N3O3/c1-22-11-5-6-12-13(9-11)17-10-14(15(12)20)18-16(21)19-7-3-2-4-8-19/h5-6,9-10H,2-4,7-8H2,1H3,(H,17,20)(H,18,21). The number of nitrogens with zero attached hydrogens (tertiary/aromatic N) is 1. The van der Waals surface area contributed by atoms with Crippen molar-refractivity contribution < 1.29 is 9.53 Å². The summed E-state index contributed by atoms with van der Waals surface area (Å²) in [5, 5.41) is 3.24. The zero-order valence-corrected chi connectivity index (χ0v) is 12.5. The first-order valence-corrected chi connectivity index (χ1v) is 7.44. The minimum atomic E-state index is -0.210. The molecule has 0 spiro atoms. The summed E-state index contributed by atoms with van der Waals surface area (Å²) in [6.45, 7) is 1.49. The summed E-state index contributed by atoms with van der Waals surface area (Å²) < 4.78 is 5.14. The molecule has 1 aliphatic heterocycles. The molecule has 6 nitrogen and oxygen atoms in total. The Labute approximate surface area is 128 Å². The van der Waals surface area contributed by atoms with Crippen LogP contribution in [0.1, 0.15) is 19.3 Å². The van der Waals surface area contributed by atoms with E-state index in [4.69, 9.17) is 4.74 Å². The average molecular weight is 301 g/mol. The van der Waals surface area contributed by atoms with E-state index in [1.54, 1.807) is 30.2 Å². The molecule has 0 unspecified atom stereocenters. The lowest BCUT2D eigenvalue weighted by Gasteiger charge is -2.26. The molecule has 0 bridgehead atoms. The van der Waals surface area contributed by atoms with Crippen LogP contribution in [0.2, 0.25) is 0 Å². The van der Waals surface area contributed by atoms with Crippen molar-refractivity contribution in [3.05, 3.63) is 34.6 Å². The van der Waals surface area contributed by atoms with Crippen LogP contribution in [0.15, 0.2) is 29.2 Å². The number of aromatic amines is 1. The molecule has 0 radical (unpaired) electrons. The molecule has 2 heterocycles. The van der Waals surface area contributed by atoms with Crippen molar-refractivity contribution in [3.63, 3.8) is 0 Å². The summed E-state index contributed by atoms with van der Waals surface area (Å²) in [4.78, 5) is 29.4. The van der Waals surface area contributed by atoms with Gasteiger partial charge in [-0.2, -0.15) is 0 Å². The zero-order valence-electron chi connectivity index (χ0n) is 12.5. The van der Waals surface area contributed by atoms with Crippen molar-refractivity contribution in [2.45, 2.75) is 19.3 Å². The highest BCUT2D eigenvalue weighted by Gasteiger charge is 2.17. The van der Waals surface area contributed by atoms with Crippen molar-refractivity contribution in [1.29, 1.82) is 0 Å². The number of likely N-dealkylation sites (tertiary alicyclic amines) is 1. The van der Waals surface area contributed by atoms with E-state index in [1.165, 1.54) is 6.20 Å². The zero-order chi connectivity index (χ0) is 15.5. The summed E-state index contributed by atoms with van der Waals surface area (Å²) in [5.41, 5.74) is 0.760. The number of piperidine rings is 1. The molecule has 22 heavy (non-hydrogen) atoms. The number of carbonyl (C=O) groups is 1. The summed E-state index contributed by atoms with van der Waals surface area (Å²) in [7, 11) is 1.58. The third kappa shape index (κ3) is 2.77. The number of ether oxygens (including phenoxy) is 1. The number of nitrogens with one attached hydrogen (secondary N) is 2. The normalized spacial score (nSPS) is 14.9. The maximum atomic E-state index is 12.5. The van der Waals surface area contributed by atoms with E-state index < -0.39 is 0 Å². The van der Waals surface area contributed by atoms with Crippen molar-refractivity contribution in [3.8, 4) is 5.75 Å². The number of hydrogen-bond donors (Lipinski definition) is 2. The number of rotatable bonds is 2. The maximum absolute atomic E-state index is 12.5. The molecule has 0 atom stereocenters. The van der Waals surface area contributed by atoms with E-state index in [0.29, 0.717) is 16.7 Å². The minimum Gasteiger partial charge on any atom is -0.497 e. The fourth-order valence-corrected chi connectivity index (χ4v) is 2.71. The van der Waals surface area contributed by atoms with Crippen molar-refractivity contribution in [1.82, 2.24) is 9.88 Å². The average Bonchev–Trinajstić information content (AvgIpc) is 2.57. The highest BCUT2D eigenvalue weighted by atomic mass is 16.5. The predicted octanol–water partition coefficient (Wildman–Crippen LogP) is 2.55. The van der Waals surface area contributed by atoms with Gasteiger partial charge in [-0.05, 0) is 31.4 Å². The van der Waals surface area contributed by atoms with Gasteiger partial charge in [0.15, 0.2) is 0 Å². The van der Waals surface area contributed by atoms with Crippen LogP contribution < -0.4 is 15.5 Å². The number of urea groups is 1. The highest BCUT2D eigenvalue weighted by molar-refractivity contribution is 5.92. The molecule has 116 valence electrons. The second-order valence-corrected chi connectivity index (χ2v) is 5.42. The fraction of sp³-hybridized carbons (Fsp3) is 0.375. The van der Waals surface area contributed by atoms with Crippen molar-refractivity contribution in [2.24, 2.45) is 0 Å². The Hall–Kier alpha value is -2.50. The molecule has 0 aliphatic carbocycles. The number of methoxy groups -OCH3 is 1. The number of hydrogen-bond acceptors (Lipinski definition) is 3. The minimum absolute atomic E-state index is 0.193. The number of benzene rings is 1. The van der Waals surface area contributed by atoms with E-state index in [9.17, 15) is 9.59 Å². The third-order valence-electron chi connectivity index (χ3n) is 3.97. The van der Waals surface area contributed by atoms with Crippen LogP contribution >= 0.6 is 0 Å². The third-order valence-corrected chi connectivity index (χ3v) is 3.97. The topological polar surface area (TPSA) is 74.4 Å². The predicted molar refractivity (Wildman–Crippen MR) is 85.6 cm³/mol. The molecule has 1 aliphatic rings. The van der Waals surface area contributed by atoms with Crippen LogP contribution in [-0.2, 0) is 0 Å². The Morgan fingerprint density at radius 3 is 2.77 bits per heavy atom. The molecule has 3 rings (SSSR count). The highest BCUT2D eigenvalue weighted by Crippen LogP contribution is 2.18. The van der Waals surface area contributed by atoms with Gasteiger partial charge in [0.25, 0.3) is 0 Å². The van der Waals surface area contributed by atoms with Crippen LogP contribution in [0.3, 0.4) is 0 Å². The molecule has 2 amide bonds. The van der Waals surface area contributed by atoms with Crippen molar-refractivity contribution in [2.75, 3.05) is 25.5 Å². The van der Waals surface area contributed by atoms with Gasteiger partial charge in [-0.15, -0.1) is 0 Å². The number of fused-ring (bicyclic) bond motifs is 1. The lowest BCUT2D eigenvalue weighted by Crippen LogP contribution is -2.39. The number of anilines is 1. The van der Waals surface area contributed by atoms with Gasteiger partial charge in [-0.25, -0.2) is 4.79 Å². The molecular formula is C16H19N3O3. The first-order chi connectivity index (χ1) is 10.7. The first-order valence-electron chi connectivity index (χ1n) is 7.44. The Morgan fingerprint density at radius 2 is 2.05 bits per heavy atom. The lowest BCUT2D eigenvalue weighted by atomic mass is 10.1. The molecule has 6 heteroatoms. The van der Waals surface area contributed by atoms with Crippen LogP contribution in [0, 0.1) is 0 Å². The van der Waals surface area contributed by atoms with Crippen LogP contribution in [0.5, 0.6) is 5.75 Å². The SMILES string of the molecule is COc1ccc2c(=O)c(NC(=O)N3CCCCC3)c[nH]c2c1. The van der Waals surface area contributed by atoms with Crippen molar-refractivity contribution >= 4 is 22.6 Å². The van der Waals surface area contributed by atoms with Gasteiger partial charge in [-0.1, -0.05) is 0 Å². The van der Waals surface area contributed by atoms with Gasteiger partial charge in [-0.3, -0.25) is 4.79 Å². The summed E-state index contributed by atoms with van der Waals surface area (Å²) in [6.07, 6.45) is 4.72. The van der Waals surface area contributed by atoms with Gasteiger partial charge >= 0.3 is 6.03 Å². The number of amides is 2. The number of pyridine rings is 1. The van der Waals surface area contributed by atoms with Crippen LogP contribution in [-0.4, -0.2) is 36.1 Å². The van der Waals surface area contributed by atoms with Gasteiger partial charge in [0.1, 0.15) is 11.4 Å². The largest absolute Gasteiger partial charge is 0.497 e. The molecule has 2 aromatic rings. The molecule has 2 N–H and O–H groups in total. The molecule has 0 saturated carbocycles. The van der Waals surface area contributed by atoms with Gasteiger partial charge < -0.3 is 19.9 Å². The Bertz CT molecular complexity index is 748. The van der Waals surface area contributed by atoms with Crippen LogP contribution in [0.25, 0.3) is 10.9 Å². The smallest absolute Gasteiger partial charge is 0.321 e. The van der Waals surface area contributed by atoms with Gasteiger partial charge in [0, 0.05) is 30.7 Å². The fourth-order valence-electron chi connectivity index (χ4n) is 2.71. The lowest BCUT2D eigenvalue weighted by molar-refractivity contribution is 0.200. The number of H-pyrrole nitrogens is 1. The number of aromatic nitrogens is 1. The number of carbonyl (C=O) groups excluding carboxylic acids is 1. The molecule has 1 aromatic carbocycles. The molecule has 1 saturated heterocycles. The van der Waals surface area contributed by atoms with E-state index >= 15 is 0 Å². The van der Waals surface area contributed by atoms with E-state index in [1.807, 2.05) is 0 Å². The Kier molecular flexibility index (Phi) is 4.00. The summed E-state index contributed by atoms with van der Waals surface area (Å²) in [6, 6.07) is 4.97. The Balaban J connectivity index is 1.86. The van der Waals surface area contributed by atoms with E-state index in [0.717, 1.165) is 32.4 Å². The van der Waals surface area contributed by atoms with E-state index in [2.05, 4.69) is 10.3 Å². The second kappa shape index (κ2) is 6.09. The second-order valence-electron chi connectivity index (χ2n) is 5.42. The molecular weight excluding hydrogens is 282 g/mol. The monoisotopic (exact) mass is 301 g/mol. The quantitative estimate of drug-likeness (QED) is 0.895.